The zero-order valence-electron chi connectivity index (χ0n) is 18.9. The molecule has 0 spiro atoms. The molecule has 2 amide bonds. The van der Waals surface area contributed by atoms with Crippen molar-refractivity contribution in [3.63, 3.8) is 0 Å². The first-order valence-electron chi connectivity index (χ1n) is 10.7. The molecule has 0 radical (unpaired) electrons. The second-order valence-electron chi connectivity index (χ2n) is 7.37. The maximum Gasteiger partial charge on any atom is 0.270 e. The minimum absolute atomic E-state index is 0.288. The van der Waals surface area contributed by atoms with Crippen LogP contribution < -0.4 is 19.7 Å². The van der Waals surface area contributed by atoms with Crippen LogP contribution in [0, 0.1) is 5.82 Å². The predicted molar refractivity (Wildman–Crippen MR) is 141 cm³/mol. The third kappa shape index (κ3) is 5.52. The molecule has 0 saturated carbocycles. The summed E-state index contributed by atoms with van der Waals surface area (Å²) in [5.41, 5.74) is 2.03. The van der Waals surface area contributed by atoms with E-state index in [2.05, 4.69) is 5.32 Å². The van der Waals surface area contributed by atoms with Crippen molar-refractivity contribution in [3.8, 4) is 11.5 Å². The molecule has 1 N–H and O–H groups in total. The van der Waals surface area contributed by atoms with Gasteiger partial charge in [0.2, 0.25) is 0 Å². The maximum absolute atomic E-state index is 13.2. The Bertz CT molecular complexity index is 1330. The lowest BCUT2D eigenvalue weighted by Crippen LogP contribution is -2.27. The van der Waals surface area contributed by atoms with Gasteiger partial charge in [0.1, 0.15) is 5.82 Å². The van der Waals surface area contributed by atoms with Crippen molar-refractivity contribution in [2.75, 3.05) is 23.9 Å². The summed E-state index contributed by atoms with van der Waals surface area (Å²) in [5, 5.41) is 2.71. The van der Waals surface area contributed by atoms with E-state index in [9.17, 15) is 14.0 Å². The number of nitrogens with zero attached hydrogens (tertiary/aromatic N) is 1. The number of carbonyl (C=O) groups is 2. The number of amides is 2. The molecule has 4 rings (SSSR count). The zero-order chi connectivity index (χ0) is 24.9. The molecule has 3 aromatic rings. The van der Waals surface area contributed by atoms with Gasteiger partial charge in [-0.15, -0.1) is 0 Å². The average Bonchev–Trinajstić information content (AvgIpc) is 3.14. The lowest BCUT2D eigenvalue weighted by molar-refractivity contribution is -0.113. The lowest BCUT2D eigenvalue weighted by Gasteiger charge is -2.15. The monoisotopic (exact) mass is 508 g/mol. The zero-order valence-corrected chi connectivity index (χ0v) is 20.5. The number of carbonyl (C=O) groups excluding carboxylic acids is 2. The molecule has 9 heteroatoms. The topological polar surface area (TPSA) is 67.9 Å². The SMILES string of the molecule is CCOc1ccc(/C=C2/SC(=S)N(c3cccc(C(=O)Nc4ccc(F)cc4)c3)C2=O)cc1OC. The second-order valence-corrected chi connectivity index (χ2v) is 9.05. The number of hydrogen-bond acceptors (Lipinski definition) is 6. The predicted octanol–water partition coefficient (Wildman–Crippen LogP) is 5.89. The van der Waals surface area contributed by atoms with Crippen LogP contribution in [0.15, 0.2) is 71.6 Å². The Morgan fingerprint density at radius 2 is 1.89 bits per heavy atom. The second kappa shape index (κ2) is 10.7. The van der Waals surface area contributed by atoms with Crippen LogP contribution in [-0.2, 0) is 4.79 Å². The lowest BCUT2D eigenvalue weighted by atomic mass is 10.1. The minimum Gasteiger partial charge on any atom is -0.493 e. The summed E-state index contributed by atoms with van der Waals surface area (Å²) < 4.78 is 24.4. The molecule has 35 heavy (non-hydrogen) atoms. The molecule has 1 fully saturated rings. The van der Waals surface area contributed by atoms with Gasteiger partial charge < -0.3 is 14.8 Å². The summed E-state index contributed by atoms with van der Waals surface area (Å²) >= 11 is 6.65. The number of nitrogens with one attached hydrogen (secondary N) is 1. The minimum atomic E-state index is -0.393. The Morgan fingerprint density at radius 3 is 2.60 bits per heavy atom. The first-order valence-corrected chi connectivity index (χ1v) is 11.9. The van der Waals surface area contributed by atoms with E-state index in [1.807, 2.05) is 13.0 Å². The van der Waals surface area contributed by atoms with E-state index in [4.69, 9.17) is 21.7 Å². The van der Waals surface area contributed by atoms with E-state index in [0.29, 0.717) is 44.3 Å². The summed E-state index contributed by atoms with van der Waals surface area (Å²) in [6, 6.07) is 17.5. The van der Waals surface area contributed by atoms with Gasteiger partial charge in [-0.2, -0.15) is 0 Å². The van der Waals surface area contributed by atoms with Crippen molar-refractivity contribution < 1.29 is 23.5 Å². The molecule has 3 aromatic carbocycles. The quantitative estimate of drug-likeness (QED) is 0.317. The molecule has 1 aliphatic heterocycles. The molecule has 6 nitrogen and oxygen atoms in total. The van der Waals surface area contributed by atoms with Gasteiger partial charge in [-0.05, 0) is 73.2 Å². The summed E-state index contributed by atoms with van der Waals surface area (Å²) in [4.78, 5) is 27.7. The number of rotatable bonds is 7. The third-order valence-electron chi connectivity index (χ3n) is 5.05. The van der Waals surface area contributed by atoms with Crippen molar-refractivity contribution in [1.29, 1.82) is 0 Å². The highest BCUT2D eigenvalue weighted by Crippen LogP contribution is 2.37. The van der Waals surface area contributed by atoms with Gasteiger partial charge in [0, 0.05) is 11.3 Å². The number of halogens is 1. The van der Waals surface area contributed by atoms with Crippen LogP contribution in [0.1, 0.15) is 22.8 Å². The summed E-state index contributed by atoms with van der Waals surface area (Å²) in [6.45, 7) is 2.40. The van der Waals surface area contributed by atoms with Crippen LogP contribution in [0.25, 0.3) is 6.08 Å². The number of thiocarbonyl (C=S) groups is 1. The van der Waals surface area contributed by atoms with Crippen LogP contribution in [0.2, 0.25) is 0 Å². The first-order chi connectivity index (χ1) is 16.9. The standard InChI is InChI=1S/C26H21FN2O4S2/c1-3-33-21-12-7-16(13-22(21)32-2)14-23-25(31)29(26(34)35-23)20-6-4-5-17(15-20)24(30)28-19-10-8-18(27)9-11-19/h4-15H,3H2,1-2H3,(H,28,30)/b23-14+. The molecule has 1 aliphatic rings. The Hall–Kier alpha value is -3.69. The highest BCUT2D eigenvalue weighted by molar-refractivity contribution is 8.27. The van der Waals surface area contributed by atoms with Crippen LogP contribution in [0.5, 0.6) is 11.5 Å². The average molecular weight is 509 g/mol. The van der Waals surface area contributed by atoms with E-state index in [-0.39, 0.29) is 11.8 Å². The number of benzene rings is 3. The van der Waals surface area contributed by atoms with Crippen molar-refractivity contribution in [1.82, 2.24) is 0 Å². The number of thioether (sulfide) groups is 1. The van der Waals surface area contributed by atoms with E-state index in [1.54, 1.807) is 49.6 Å². The Kier molecular flexibility index (Phi) is 7.48. The van der Waals surface area contributed by atoms with Gasteiger partial charge in [-0.3, -0.25) is 14.5 Å². The normalized spacial score (nSPS) is 14.4. The fraction of sp³-hybridized carbons (Fsp3) is 0.115. The van der Waals surface area contributed by atoms with Crippen LogP contribution in [0.3, 0.4) is 0 Å². The van der Waals surface area contributed by atoms with Crippen molar-refractivity contribution in [2.45, 2.75) is 6.92 Å². The van der Waals surface area contributed by atoms with Gasteiger partial charge >= 0.3 is 0 Å². The van der Waals surface area contributed by atoms with Gasteiger partial charge in [-0.25, -0.2) is 4.39 Å². The van der Waals surface area contributed by atoms with Gasteiger partial charge in [0.25, 0.3) is 11.8 Å². The van der Waals surface area contributed by atoms with Crippen molar-refractivity contribution >= 4 is 57.6 Å². The van der Waals surface area contributed by atoms with E-state index < -0.39 is 5.82 Å². The van der Waals surface area contributed by atoms with Crippen LogP contribution in [0.4, 0.5) is 15.8 Å². The van der Waals surface area contributed by atoms with Gasteiger partial charge in [-0.1, -0.05) is 36.1 Å². The number of hydrogen-bond donors (Lipinski definition) is 1. The van der Waals surface area contributed by atoms with Crippen LogP contribution in [-0.4, -0.2) is 29.9 Å². The van der Waals surface area contributed by atoms with Crippen LogP contribution >= 0.6 is 24.0 Å². The third-order valence-corrected chi connectivity index (χ3v) is 6.35. The number of ether oxygens (including phenoxy) is 2. The molecule has 178 valence electrons. The molecule has 0 aromatic heterocycles. The molecule has 0 bridgehead atoms. The highest BCUT2D eigenvalue weighted by Gasteiger charge is 2.33. The Labute approximate surface area is 211 Å². The molecule has 1 heterocycles. The Morgan fingerprint density at radius 1 is 1.11 bits per heavy atom. The maximum atomic E-state index is 13.2. The molecule has 0 aliphatic carbocycles. The summed E-state index contributed by atoms with van der Waals surface area (Å²) in [7, 11) is 1.56. The first kappa shape index (κ1) is 24.4. The fourth-order valence-corrected chi connectivity index (χ4v) is 4.71. The fourth-order valence-electron chi connectivity index (χ4n) is 3.41. The van der Waals surface area contributed by atoms with Crippen molar-refractivity contribution in [2.24, 2.45) is 0 Å². The Balaban J connectivity index is 1.55. The molecule has 1 saturated heterocycles. The number of methoxy groups -OCH3 is 1. The molecular formula is C26H21FN2O4S2. The van der Waals surface area contributed by atoms with Gasteiger partial charge in [0.05, 0.1) is 24.3 Å². The number of anilines is 2. The van der Waals surface area contributed by atoms with E-state index >= 15 is 0 Å². The molecule has 0 atom stereocenters. The summed E-state index contributed by atoms with van der Waals surface area (Å²) in [5.74, 6) is 0.118. The van der Waals surface area contributed by atoms with E-state index in [1.165, 1.54) is 40.9 Å². The molecular weight excluding hydrogens is 487 g/mol. The van der Waals surface area contributed by atoms with Gasteiger partial charge in [0.15, 0.2) is 15.8 Å². The van der Waals surface area contributed by atoms with E-state index in [0.717, 1.165) is 5.56 Å². The van der Waals surface area contributed by atoms with Crippen molar-refractivity contribution in [3.05, 3.63) is 88.6 Å². The smallest absolute Gasteiger partial charge is 0.270 e. The highest BCUT2D eigenvalue weighted by atomic mass is 32.2. The largest absolute Gasteiger partial charge is 0.493 e. The molecule has 0 unspecified atom stereocenters. The summed E-state index contributed by atoms with van der Waals surface area (Å²) in [6.07, 6.45) is 1.74.